The molecule has 0 radical (unpaired) electrons. The summed E-state index contributed by atoms with van der Waals surface area (Å²) >= 11 is 0. The molecule has 0 aliphatic rings. The molecule has 0 aromatic heterocycles. The third kappa shape index (κ3) is 11.0. The molecule has 1 amide bonds. The fourth-order valence-corrected chi connectivity index (χ4v) is 2.76. The molecule has 2 aromatic carbocycles. The molecule has 8 heteroatoms. The predicted octanol–water partition coefficient (Wildman–Crippen LogP) is 4.30. The minimum atomic E-state index is -0.0712. The lowest BCUT2D eigenvalue weighted by Crippen LogP contribution is -2.30. The number of rotatable bonds is 11. The number of amides is 1. The number of nitrogens with one attached hydrogen (secondary N) is 3. The van der Waals surface area contributed by atoms with Gasteiger partial charge in [0.1, 0.15) is 5.75 Å². The summed E-state index contributed by atoms with van der Waals surface area (Å²) < 4.78 is 10.8. The summed E-state index contributed by atoms with van der Waals surface area (Å²) in [6.07, 6.45) is 1.66. The van der Waals surface area contributed by atoms with Gasteiger partial charge >= 0.3 is 0 Å². The molecular formula is C23H33IN4O3. The van der Waals surface area contributed by atoms with Crippen LogP contribution in [-0.4, -0.2) is 45.3 Å². The van der Waals surface area contributed by atoms with E-state index in [0.717, 1.165) is 48.0 Å². The Morgan fingerprint density at radius 3 is 2.48 bits per heavy atom. The zero-order chi connectivity index (χ0) is 21.6. The van der Waals surface area contributed by atoms with Gasteiger partial charge in [-0.2, -0.15) is 0 Å². The van der Waals surface area contributed by atoms with Crippen LogP contribution in [-0.2, 0) is 16.0 Å². The fourth-order valence-electron chi connectivity index (χ4n) is 2.76. The number of carbonyl (C=O) groups excluding carboxylic acids is 1. The van der Waals surface area contributed by atoms with Crippen molar-refractivity contribution in [3.63, 3.8) is 0 Å². The zero-order valence-corrected chi connectivity index (χ0v) is 20.8. The molecule has 0 unspecified atom stereocenters. The van der Waals surface area contributed by atoms with Crippen molar-refractivity contribution < 1.29 is 14.3 Å². The average molecular weight is 540 g/mol. The molecule has 0 spiro atoms. The average Bonchev–Trinajstić information content (AvgIpc) is 2.72. The second kappa shape index (κ2) is 15.5. The summed E-state index contributed by atoms with van der Waals surface area (Å²) in [6.45, 7) is 6.25. The molecular weight excluding hydrogens is 507 g/mol. The Kier molecular flexibility index (Phi) is 13.3. The Morgan fingerprint density at radius 2 is 1.81 bits per heavy atom. The molecule has 3 N–H and O–H groups in total. The van der Waals surface area contributed by atoms with Crippen LogP contribution in [0, 0.1) is 0 Å². The van der Waals surface area contributed by atoms with Crippen LogP contribution in [0.3, 0.4) is 0 Å². The first-order valence-corrected chi connectivity index (χ1v) is 10.2. The molecule has 0 atom stereocenters. The molecule has 0 heterocycles. The highest BCUT2D eigenvalue weighted by molar-refractivity contribution is 14.0. The molecule has 170 valence electrons. The van der Waals surface area contributed by atoms with E-state index in [1.54, 1.807) is 7.11 Å². The standard InChI is InChI=1S/C23H32N4O3.HI/c1-4-24-23(25-14-13-19-9-11-20(12-10-19)26-18(2)28)27-21-7-5-8-22(17-21)30-16-6-15-29-3;/h5,7-12,17H,4,6,13-16H2,1-3H3,(H,26,28)(H2,24,25,27);1H. The lowest BCUT2D eigenvalue weighted by molar-refractivity contribution is -0.114. The molecule has 0 saturated carbocycles. The van der Waals surface area contributed by atoms with Crippen LogP contribution < -0.4 is 20.7 Å². The summed E-state index contributed by atoms with van der Waals surface area (Å²) in [6, 6.07) is 15.7. The number of benzene rings is 2. The number of carbonyl (C=O) groups is 1. The normalized spacial score (nSPS) is 10.7. The van der Waals surface area contributed by atoms with Crippen LogP contribution in [0.4, 0.5) is 11.4 Å². The van der Waals surface area contributed by atoms with Crippen LogP contribution in [0.5, 0.6) is 5.75 Å². The van der Waals surface area contributed by atoms with Crippen molar-refractivity contribution in [2.75, 3.05) is 44.0 Å². The number of hydrogen-bond donors (Lipinski definition) is 3. The first-order chi connectivity index (χ1) is 14.6. The summed E-state index contributed by atoms with van der Waals surface area (Å²) in [5, 5.41) is 9.36. The van der Waals surface area contributed by atoms with Crippen molar-refractivity contribution >= 4 is 47.2 Å². The van der Waals surface area contributed by atoms with E-state index in [0.29, 0.717) is 19.8 Å². The van der Waals surface area contributed by atoms with Crippen LogP contribution in [0.25, 0.3) is 0 Å². The Balaban J connectivity index is 0.00000480. The summed E-state index contributed by atoms with van der Waals surface area (Å²) in [4.78, 5) is 15.8. The summed E-state index contributed by atoms with van der Waals surface area (Å²) in [5.41, 5.74) is 2.88. The Labute approximate surface area is 202 Å². The van der Waals surface area contributed by atoms with Crippen molar-refractivity contribution in [3.8, 4) is 5.75 Å². The monoisotopic (exact) mass is 540 g/mol. The van der Waals surface area contributed by atoms with Crippen molar-refractivity contribution in [2.45, 2.75) is 26.7 Å². The lowest BCUT2D eigenvalue weighted by atomic mass is 10.1. The summed E-state index contributed by atoms with van der Waals surface area (Å²) in [5.74, 6) is 1.47. The Bertz CT molecular complexity index is 813. The van der Waals surface area contributed by atoms with E-state index in [9.17, 15) is 4.79 Å². The minimum Gasteiger partial charge on any atom is -0.493 e. The third-order valence-electron chi connectivity index (χ3n) is 4.15. The first-order valence-electron chi connectivity index (χ1n) is 10.2. The van der Waals surface area contributed by atoms with Gasteiger partial charge in [-0.05, 0) is 43.2 Å². The number of methoxy groups -OCH3 is 1. The fraction of sp³-hybridized carbons (Fsp3) is 0.391. The van der Waals surface area contributed by atoms with E-state index in [1.165, 1.54) is 6.92 Å². The van der Waals surface area contributed by atoms with E-state index in [4.69, 9.17) is 9.47 Å². The number of anilines is 2. The van der Waals surface area contributed by atoms with Gasteiger partial charge in [0.2, 0.25) is 5.91 Å². The van der Waals surface area contributed by atoms with Gasteiger partial charge in [0, 0.05) is 57.6 Å². The maximum atomic E-state index is 11.1. The highest BCUT2D eigenvalue weighted by atomic mass is 127. The van der Waals surface area contributed by atoms with Gasteiger partial charge in [-0.25, -0.2) is 0 Å². The largest absolute Gasteiger partial charge is 0.493 e. The quantitative estimate of drug-likeness (QED) is 0.171. The predicted molar refractivity (Wildman–Crippen MR) is 138 cm³/mol. The second-order valence-corrected chi connectivity index (χ2v) is 6.74. The molecule has 7 nitrogen and oxygen atoms in total. The number of aliphatic imine (C=N–C) groups is 1. The summed E-state index contributed by atoms with van der Waals surface area (Å²) in [7, 11) is 1.69. The van der Waals surface area contributed by atoms with E-state index in [1.807, 2.05) is 55.5 Å². The first kappa shape index (κ1) is 26.7. The SMILES string of the molecule is CCNC(=NCCc1ccc(NC(C)=O)cc1)Nc1cccc(OCCCOC)c1.I. The highest BCUT2D eigenvalue weighted by Crippen LogP contribution is 2.17. The van der Waals surface area contributed by atoms with Crippen molar-refractivity contribution in [1.82, 2.24) is 5.32 Å². The zero-order valence-electron chi connectivity index (χ0n) is 18.4. The molecule has 2 aromatic rings. The van der Waals surface area contributed by atoms with Crippen LogP contribution in [0.15, 0.2) is 53.5 Å². The molecule has 0 aliphatic heterocycles. The van der Waals surface area contributed by atoms with Crippen LogP contribution in [0.1, 0.15) is 25.8 Å². The lowest BCUT2D eigenvalue weighted by Gasteiger charge is -2.13. The van der Waals surface area contributed by atoms with E-state index < -0.39 is 0 Å². The highest BCUT2D eigenvalue weighted by Gasteiger charge is 2.02. The number of halogens is 1. The smallest absolute Gasteiger partial charge is 0.221 e. The van der Waals surface area contributed by atoms with Gasteiger partial charge in [0.25, 0.3) is 0 Å². The molecule has 31 heavy (non-hydrogen) atoms. The Morgan fingerprint density at radius 1 is 1.03 bits per heavy atom. The van der Waals surface area contributed by atoms with Gasteiger partial charge in [0.15, 0.2) is 5.96 Å². The van der Waals surface area contributed by atoms with Crippen LogP contribution in [0.2, 0.25) is 0 Å². The van der Waals surface area contributed by atoms with Gasteiger partial charge in [-0.3, -0.25) is 9.79 Å². The van der Waals surface area contributed by atoms with Gasteiger partial charge in [0.05, 0.1) is 6.61 Å². The molecule has 0 saturated heterocycles. The van der Waals surface area contributed by atoms with Gasteiger partial charge in [-0.1, -0.05) is 18.2 Å². The van der Waals surface area contributed by atoms with E-state index >= 15 is 0 Å². The number of guanidine groups is 1. The minimum absolute atomic E-state index is 0. The van der Waals surface area contributed by atoms with Gasteiger partial charge in [-0.15, -0.1) is 24.0 Å². The molecule has 0 bridgehead atoms. The van der Waals surface area contributed by atoms with E-state index in [-0.39, 0.29) is 29.9 Å². The number of nitrogens with zero attached hydrogens (tertiary/aromatic N) is 1. The number of hydrogen-bond acceptors (Lipinski definition) is 4. The second-order valence-electron chi connectivity index (χ2n) is 6.74. The third-order valence-corrected chi connectivity index (χ3v) is 4.15. The van der Waals surface area contributed by atoms with E-state index in [2.05, 4.69) is 20.9 Å². The Hall–Kier alpha value is -2.33. The van der Waals surface area contributed by atoms with Crippen molar-refractivity contribution in [1.29, 1.82) is 0 Å². The maximum Gasteiger partial charge on any atom is 0.221 e. The maximum absolute atomic E-state index is 11.1. The molecule has 0 fully saturated rings. The van der Waals surface area contributed by atoms with Gasteiger partial charge < -0.3 is 25.4 Å². The van der Waals surface area contributed by atoms with Crippen LogP contribution >= 0.6 is 24.0 Å². The topological polar surface area (TPSA) is 84.0 Å². The van der Waals surface area contributed by atoms with Crippen molar-refractivity contribution in [3.05, 3.63) is 54.1 Å². The number of ether oxygens (including phenoxy) is 2. The molecule has 0 aliphatic carbocycles. The van der Waals surface area contributed by atoms with Crippen molar-refractivity contribution in [2.24, 2.45) is 4.99 Å². The molecule has 2 rings (SSSR count).